The van der Waals surface area contributed by atoms with Crippen molar-refractivity contribution in [2.45, 2.75) is 199 Å². The molecule has 0 N–H and O–H groups in total. The fourth-order valence-corrected chi connectivity index (χ4v) is 11.5. The number of aromatic nitrogens is 2. The summed E-state index contributed by atoms with van der Waals surface area (Å²) in [6, 6.07) is 29.1. The summed E-state index contributed by atoms with van der Waals surface area (Å²) in [7, 11) is 0.328. The summed E-state index contributed by atoms with van der Waals surface area (Å²) in [5.41, 5.74) is 0.775. The summed E-state index contributed by atoms with van der Waals surface area (Å²) in [5.74, 6) is 0.0476. The molecule has 6 rings (SSSR count). The molecule has 0 bridgehead atoms. The minimum Gasteiger partial charge on any atom is -0.497 e. The van der Waals surface area contributed by atoms with E-state index in [0.717, 1.165) is 53.1 Å². The zero-order valence-corrected chi connectivity index (χ0v) is 51.1. The first-order valence-electron chi connectivity index (χ1n) is 29.4. The van der Waals surface area contributed by atoms with Gasteiger partial charge < -0.3 is 37.6 Å². The Morgan fingerprint density at radius 1 is 0.667 bits per heavy atom. The van der Waals surface area contributed by atoms with E-state index in [2.05, 4.69) is 27.7 Å². The molecule has 0 spiro atoms. The largest absolute Gasteiger partial charge is 0.497 e. The molecule has 14 nitrogen and oxygen atoms in total. The van der Waals surface area contributed by atoms with E-state index in [0.29, 0.717) is 28.4 Å². The summed E-state index contributed by atoms with van der Waals surface area (Å²) in [4.78, 5) is 69.9. The van der Waals surface area contributed by atoms with Crippen molar-refractivity contribution < 1.29 is 47.2 Å². The van der Waals surface area contributed by atoms with Gasteiger partial charge in [-0.1, -0.05) is 166 Å². The van der Waals surface area contributed by atoms with E-state index < -0.39 is 66.6 Å². The highest BCUT2D eigenvalue weighted by atomic mass is 28.4. The van der Waals surface area contributed by atoms with Crippen LogP contribution in [0.5, 0.6) is 17.2 Å². The molecule has 0 amide bonds. The van der Waals surface area contributed by atoms with Crippen LogP contribution >= 0.6 is 0 Å². The molecule has 1 saturated heterocycles. The van der Waals surface area contributed by atoms with Gasteiger partial charge in [0.2, 0.25) is 0 Å². The average Bonchev–Trinajstić information content (AvgIpc) is 4.01. The molecule has 5 aromatic rings. The van der Waals surface area contributed by atoms with Gasteiger partial charge in [-0.25, -0.2) is 4.79 Å². The lowest BCUT2D eigenvalue weighted by atomic mass is 9.80. The van der Waals surface area contributed by atoms with Gasteiger partial charge in [0, 0.05) is 24.2 Å². The summed E-state index contributed by atoms with van der Waals surface area (Å²) in [6.45, 7) is 17.9. The van der Waals surface area contributed by atoms with Crippen molar-refractivity contribution in [1.82, 2.24) is 9.13 Å². The first-order chi connectivity index (χ1) is 38.8. The summed E-state index contributed by atoms with van der Waals surface area (Å²) < 4.78 is 47.1. The summed E-state index contributed by atoms with van der Waals surface area (Å²) in [5, 5.41) is -0.393. The molecule has 0 radical (unpaired) electrons. The number of unbranched alkanes of at least 4 members (excludes halogenated alkanes) is 13. The Morgan fingerprint density at radius 3 is 1.72 bits per heavy atom. The minimum atomic E-state index is -2.86. The number of hydrogen-bond acceptors (Lipinski definition) is 12. The fourth-order valence-electron chi connectivity index (χ4n) is 10.2. The van der Waals surface area contributed by atoms with Gasteiger partial charge >= 0.3 is 11.7 Å². The zero-order valence-electron chi connectivity index (χ0n) is 50.1. The highest BCUT2D eigenvalue weighted by Crippen LogP contribution is 2.46. The van der Waals surface area contributed by atoms with Gasteiger partial charge in [0.25, 0.3) is 11.5 Å². The first kappa shape index (κ1) is 64.0. The zero-order chi connectivity index (χ0) is 58.7. The van der Waals surface area contributed by atoms with Crippen LogP contribution < -0.4 is 25.5 Å². The topological polar surface area (TPSA) is 160 Å². The molecular weight excluding hydrogens is 1040 g/mol. The highest BCUT2D eigenvalue weighted by molar-refractivity contribution is 6.74. The van der Waals surface area contributed by atoms with E-state index in [9.17, 15) is 19.2 Å². The van der Waals surface area contributed by atoms with Gasteiger partial charge in [-0.05, 0) is 110 Å². The number of nitrogens with zero attached hydrogens (tertiary/aromatic N) is 2. The number of hydrogen-bond donors (Lipinski definition) is 0. The molecule has 2 heterocycles. The predicted octanol–water partition coefficient (Wildman–Crippen LogP) is 13.8. The molecular formula is C66H90N2O12Si. The first-order valence-corrected chi connectivity index (χ1v) is 32.3. The summed E-state index contributed by atoms with van der Waals surface area (Å²) >= 11 is 0. The SMILES string of the molecule is CCCCCCCCCCCCCCCCOc1cc(C(=O)n2c(=O)ccn([C@@H]3O[C@H](COC(c4ccccc4)(c4ccc(OC)cc4)c4ccc(OC)cc4)C(OC(=O)CCC(C)=O)[C@@H]3O[Si](C)(C)C(C)(C)C)c2=O)cc(C)c1C. The predicted molar refractivity (Wildman–Crippen MR) is 320 cm³/mol. The van der Waals surface area contributed by atoms with Crippen LogP contribution in [-0.2, 0) is 33.8 Å². The maximum absolute atomic E-state index is 15.1. The molecule has 4 aromatic carbocycles. The molecule has 4 atom stereocenters. The van der Waals surface area contributed by atoms with Crippen LogP contribution in [0.15, 0.2) is 113 Å². The number of ether oxygens (including phenoxy) is 6. The average molecular weight is 1130 g/mol. The van der Waals surface area contributed by atoms with Crippen LogP contribution in [0.1, 0.15) is 182 Å². The maximum atomic E-state index is 15.1. The Morgan fingerprint density at radius 2 is 1.20 bits per heavy atom. The number of carbonyl (C=O) groups excluding carboxylic acids is 3. The van der Waals surface area contributed by atoms with Gasteiger partial charge in [-0.3, -0.25) is 19.0 Å². The van der Waals surface area contributed by atoms with Crippen LogP contribution in [0, 0.1) is 13.8 Å². The van der Waals surface area contributed by atoms with Crippen molar-refractivity contribution in [3.63, 3.8) is 0 Å². The standard InChI is InChI=1S/C66H90N2O12Si/c1-12-13-14-15-16-17-18-19-20-21-22-23-24-28-43-76-56-45-50(44-47(2)49(56)4)62(72)68-58(70)41-42-67(64(68)73)63-61(80-81(10,11)65(5,6)7)60(79-59(71)40-31-48(3)69)57(78-63)46-77-66(51-29-26-25-27-30-51,52-32-36-54(74-8)37-33-52)53-34-38-55(75-9)39-35-53/h25-27,29-30,32-39,41-42,44-45,57,60-61,63H,12-24,28,31,40,43,46H2,1-11H3/t57-,60?,61+,63-/m1/s1. The van der Waals surface area contributed by atoms with Gasteiger partial charge in [-0.15, -0.1) is 0 Å². The van der Waals surface area contributed by atoms with E-state index >= 15 is 4.79 Å². The molecule has 1 aliphatic rings. The number of methoxy groups -OCH3 is 2. The van der Waals surface area contributed by atoms with E-state index in [1.807, 2.05) is 106 Å². The number of esters is 1. The lowest BCUT2D eigenvalue weighted by Gasteiger charge is -2.40. The third-order valence-electron chi connectivity index (χ3n) is 16.2. The Kier molecular flexibility index (Phi) is 23.9. The Labute approximate surface area is 481 Å². The Balaban J connectivity index is 1.33. The molecule has 1 fully saturated rings. The van der Waals surface area contributed by atoms with E-state index in [1.54, 1.807) is 26.4 Å². The quantitative estimate of drug-likeness (QED) is 0.0174. The van der Waals surface area contributed by atoms with Crippen LogP contribution in [0.4, 0.5) is 0 Å². The van der Waals surface area contributed by atoms with Crippen molar-refractivity contribution >= 4 is 26.0 Å². The molecule has 1 aromatic heterocycles. The van der Waals surface area contributed by atoms with Crippen molar-refractivity contribution in [2.24, 2.45) is 0 Å². The summed E-state index contributed by atoms with van der Waals surface area (Å²) in [6.07, 6.45) is 13.5. The van der Waals surface area contributed by atoms with E-state index in [-0.39, 0.29) is 30.8 Å². The van der Waals surface area contributed by atoms with Crippen LogP contribution in [0.3, 0.4) is 0 Å². The normalized spacial score (nSPS) is 16.5. The smallest absolute Gasteiger partial charge is 0.340 e. The van der Waals surface area contributed by atoms with Crippen molar-refractivity contribution in [3.8, 4) is 17.2 Å². The second kappa shape index (κ2) is 30.2. The molecule has 1 aliphatic heterocycles. The number of carbonyl (C=O) groups is 3. The molecule has 81 heavy (non-hydrogen) atoms. The molecule has 1 unspecified atom stereocenters. The van der Waals surface area contributed by atoms with Crippen LogP contribution in [0.25, 0.3) is 0 Å². The molecule has 15 heteroatoms. The van der Waals surface area contributed by atoms with Gasteiger partial charge in [0.1, 0.15) is 40.8 Å². The van der Waals surface area contributed by atoms with E-state index in [4.69, 9.17) is 32.8 Å². The van der Waals surface area contributed by atoms with Crippen molar-refractivity contribution in [3.05, 3.63) is 157 Å². The molecule has 0 aliphatic carbocycles. The van der Waals surface area contributed by atoms with E-state index in [1.165, 1.54) is 88.3 Å². The molecule has 0 saturated carbocycles. The van der Waals surface area contributed by atoms with Gasteiger partial charge in [0.05, 0.1) is 33.9 Å². The van der Waals surface area contributed by atoms with Gasteiger partial charge in [0.15, 0.2) is 20.6 Å². The van der Waals surface area contributed by atoms with Crippen molar-refractivity contribution in [2.75, 3.05) is 27.4 Å². The Hall–Kier alpha value is -6.13. The number of rotatable bonds is 32. The van der Waals surface area contributed by atoms with Gasteiger partial charge in [-0.2, -0.15) is 4.57 Å². The minimum absolute atomic E-state index is 0.0614. The monoisotopic (exact) mass is 1130 g/mol. The molecule has 440 valence electrons. The maximum Gasteiger partial charge on any atom is 0.340 e. The third kappa shape index (κ3) is 16.8. The third-order valence-corrected chi connectivity index (χ3v) is 20.7. The van der Waals surface area contributed by atoms with Crippen molar-refractivity contribution in [1.29, 1.82) is 0 Å². The number of aryl methyl sites for hydroxylation is 1. The van der Waals surface area contributed by atoms with Crippen LogP contribution in [0.2, 0.25) is 18.1 Å². The lowest BCUT2D eigenvalue weighted by Crippen LogP contribution is -2.52. The number of Topliss-reactive ketones (excluding diaryl/α,β-unsaturated/α-hetero) is 1. The highest BCUT2D eigenvalue weighted by Gasteiger charge is 2.54. The second-order valence-corrected chi connectivity index (χ2v) is 28.0. The van der Waals surface area contributed by atoms with Crippen LogP contribution in [-0.4, -0.2) is 80.9 Å². The lowest BCUT2D eigenvalue weighted by molar-refractivity contribution is -0.159. The Bertz CT molecular complexity index is 2880. The number of benzene rings is 4. The fraction of sp³-hybridized carbons (Fsp3) is 0.530. The number of ketones is 1. The second-order valence-electron chi connectivity index (χ2n) is 23.2.